The molecule has 90 valence electrons. The number of nitrogens with zero attached hydrogens (tertiary/aromatic N) is 2. The molecule has 1 unspecified atom stereocenters. The van der Waals surface area contributed by atoms with E-state index in [0.29, 0.717) is 5.56 Å². The summed E-state index contributed by atoms with van der Waals surface area (Å²) in [6.07, 6.45) is -0.977. The zero-order valence-corrected chi connectivity index (χ0v) is 9.15. The second kappa shape index (κ2) is 4.24. The largest absolute Gasteiger partial charge is 0.416 e. The fourth-order valence-electron chi connectivity index (χ4n) is 1.64. The molecule has 2 nitrogen and oxygen atoms in total. The van der Waals surface area contributed by atoms with E-state index in [1.165, 1.54) is 6.07 Å². The number of halogens is 3. The van der Waals surface area contributed by atoms with Crippen LogP contribution in [0.25, 0.3) is 0 Å². The highest BCUT2D eigenvalue weighted by Gasteiger charge is 2.30. The van der Waals surface area contributed by atoms with Crippen LogP contribution in [-0.4, -0.2) is 9.78 Å². The van der Waals surface area contributed by atoms with E-state index in [4.69, 9.17) is 0 Å². The molecule has 2 rings (SSSR count). The second-order valence-electron chi connectivity index (χ2n) is 3.79. The van der Waals surface area contributed by atoms with E-state index in [1.54, 1.807) is 29.2 Å². The Balaban J connectivity index is 2.34. The van der Waals surface area contributed by atoms with Crippen LogP contribution in [0, 0.1) is 0 Å². The average molecular weight is 240 g/mol. The Bertz CT molecular complexity index is 489. The third kappa shape index (κ3) is 2.49. The molecule has 0 radical (unpaired) electrons. The van der Waals surface area contributed by atoms with Gasteiger partial charge in [-0.05, 0) is 30.7 Å². The van der Waals surface area contributed by atoms with Gasteiger partial charge in [-0.2, -0.15) is 18.3 Å². The Hall–Kier alpha value is -1.78. The van der Waals surface area contributed by atoms with Gasteiger partial charge in [-0.1, -0.05) is 12.1 Å². The number of hydrogen-bond donors (Lipinski definition) is 0. The van der Waals surface area contributed by atoms with Gasteiger partial charge in [0, 0.05) is 12.4 Å². The van der Waals surface area contributed by atoms with E-state index in [2.05, 4.69) is 5.10 Å². The van der Waals surface area contributed by atoms with Gasteiger partial charge in [0.1, 0.15) is 0 Å². The van der Waals surface area contributed by atoms with Gasteiger partial charge in [-0.3, -0.25) is 4.68 Å². The SMILES string of the molecule is CC(c1cccc(C(F)(F)F)c1)n1cccn1. The van der Waals surface area contributed by atoms with Crippen LogP contribution in [0.1, 0.15) is 24.1 Å². The molecule has 0 saturated heterocycles. The molecule has 0 fully saturated rings. The Kier molecular flexibility index (Phi) is 2.92. The fourth-order valence-corrected chi connectivity index (χ4v) is 1.64. The first-order valence-electron chi connectivity index (χ1n) is 5.15. The molecular formula is C12H11F3N2. The summed E-state index contributed by atoms with van der Waals surface area (Å²) in [6.45, 7) is 1.81. The van der Waals surface area contributed by atoms with Crippen molar-refractivity contribution in [2.75, 3.05) is 0 Å². The van der Waals surface area contributed by atoms with Gasteiger partial charge in [-0.15, -0.1) is 0 Å². The molecule has 0 saturated carbocycles. The first-order chi connectivity index (χ1) is 7.98. The van der Waals surface area contributed by atoms with Gasteiger partial charge in [-0.25, -0.2) is 0 Å². The lowest BCUT2D eigenvalue weighted by molar-refractivity contribution is -0.137. The van der Waals surface area contributed by atoms with Crippen molar-refractivity contribution in [2.24, 2.45) is 0 Å². The maximum atomic E-state index is 12.6. The molecule has 1 aromatic carbocycles. The molecule has 0 spiro atoms. The Morgan fingerprint density at radius 3 is 2.59 bits per heavy atom. The Morgan fingerprint density at radius 2 is 2.00 bits per heavy atom. The normalized spacial score (nSPS) is 13.6. The smallest absolute Gasteiger partial charge is 0.266 e. The number of hydrogen-bond acceptors (Lipinski definition) is 1. The topological polar surface area (TPSA) is 17.8 Å². The average Bonchev–Trinajstić information content (AvgIpc) is 2.80. The highest BCUT2D eigenvalue weighted by atomic mass is 19.4. The Morgan fingerprint density at radius 1 is 1.24 bits per heavy atom. The summed E-state index contributed by atoms with van der Waals surface area (Å²) in [5.41, 5.74) is -0.0440. The highest BCUT2D eigenvalue weighted by molar-refractivity contribution is 5.28. The molecule has 1 heterocycles. The van der Waals surface area contributed by atoms with Crippen molar-refractivity contribution >= 4 is 0 Å². The third-order valence-electron chi connectivity index (χ3n) is 2.62. The summed E-state index contributed by atoms with van der Waals surface area (Å²) < 4.78 is 39.3. The van der Waals surface area contributed by atoms with Crippen LogP contribution >= 0.6 is 0 Å². The van der Waals surface area contributed by atoms with Gasteiger partial charge in [0.15, 0.2) is 0 Å². The third-order valence-corrected chi connectivity index (χ3v) is 2.62. The van der Waals surface area contributed by atoms with Crippen LogP contribution in [0.2, 0.25) is 0 Å². The summed E-state index contributed by atoms with van der Waals surface area (Å²) in [7, 11) is 0. The lowest BCUT2D eigenvalue weighted by Gasteiger charge is -2.14. The highest BCUT2D eigenvalue weighted by Crippen LogP contribution is 2.31. The summed E-state index contributed by atoms with van der Waals surface area (Å²) in [5.74, 6) is 0. The van der Waals surface area contributed by atoms with Crippen LogP contribution in [-0.2, 0) is 6.18 Å². The first-order valence-corrected chi connectivity index (χ1v) is 5.15. The van der Waals surface area contributed by atoms with Crippen molar-refractivity contribution in [2.45, 2.75) is 19.1 Å². The molecule has 1 aromatic heterocycles. The van der Waals surface area contributed by atoms with Gasteiger partial charge in [0.05, 0.1) is 11.6 Å². The molecule has 0 N–H and O–H groups in total. The zero-order valence-electron chi connectivity index (χ0n) is 9.15. The number of benzene rings is 1. The summed E-state index contributed by atoms with van der Waals surface area (Å²) in [5, 5.41) is 4.02. The van der Waals surface area contributed by atoms with Gasteiger partial charge in [0.2, 0.25) is 0 Å². The predicted octanol–water partition coefficient (Wildman–Crippen LogP) is 3.51. The standard InChI is InChI=1S/C12H11F3N2/c1-9(17-7-3-6-16-17)10-4-2-5-11(8-10)12(13,14)15/h2-9H,1H3. The van der Waals surface area contributed by atoms with Crippen LogP contribution in [0.3, 0.4) is 0 Å². The van der Waals surface area contributed by atoms with E-state index >= 15 is 0 Å². The summed E-state index contributed by atoms with van der Waals surface area (Å²) in [6, 6.07) is 6.84. The van der Waals surface area contributed by atoms with Crippen LogP contribution in [0.15, 0.2) is 42.7 Å². The minimum atomic E-state index is -4.31. The molecule has 2 aromatic rings. The van der Waals surface area contributed by atoms with Gasteiger partial charge in [0.25, 0.3) is 0 Å². The molecule has 0 aliphatic carbocycles. The number of alkyl halides is 3. The monoisotopic (exact) mass is 240 g/mol. The molecule has 1 atom stereocenters. The summed E-state index contributed by atoms with van der Waals surface area (Å²) in [4.78, 5) is 0. The van der Waals surface area contributed by atoms with E-state index < -0.39 is 11.7 Å². The minimum Gasteiger partial charge on any atom is -0.266 e. The predicted molar refractivity (Wildman–Crippen MR) is 57.5 cm³/mol. The van der Waals surface area contributed by atoms with Crippen molar-refractivity contribution in [3.05, 3.63) is 53.9 Å². The van der Waals surface area contributed by atoms with E-state index in [1.807, 2.05) is 6.92 Å². The lowest BCUT2D eigenvalue weighted by Crippen LogP contribution is -2.10. The van der Waals surface area contributed by atoms with Crippen molar-refractivity contribution in [3.63, 3.8) is 0 Å². The fraction of sp³-hybridized carbons (Fsp3) is 0.250. The summed E-state index contributed by atoms with van der Waals surface area (Å²) >= 11 is 0. The van der Waals surface area contributed by atoms with Crippen molar-refractivity contribution in [3.8, 4) is 0 Å². The first kappa shape index (κ1) is 11.7. The number of rotatable bonds is 2. The van der Waals surface area contributed by atoms with E-state index in [0.717, 1.165) is 12.1 Å². The van der Waals surface area contributed by atoms with E-state index in [-0.39, 0.29) is 6.04 Å². The molecule has 0 aliphatic rings. The molecular weight excluding hydrogens is 229 g/mol. The van der Waals surface area contributed by atoms with Crippen molar-refractivity contribution < 1.29 is 13.2 Å². The molecule has 0 amide bonds. The van der Waals surface area contributed by atoms with Gasteiger partial charge < -0.3 is 0 Å². The maximum Gasteiger partial charge on any atom is 0.416 e. The van der Waals surface area contributed by atoms with Crippen LogP contribution in [0.5, 0.6) is 0 Å². The molecule has 17 heavy (non-hydrogen) atoms. The lowest BCUT2D eigenvalue weighted by atomic mass is 10.1. The van der Waals surface area contributed by atoms with Crippen LogP contribution < -0.4 is 0 Å². The van der Waals surface area contributed by atoms with Crippen molar-refractivity contribution in [1.82, 2.24) is 9.78 Å². The molecule has 0 bridgehead atoms. The molecule has 5 heteroatoms. The zero-order chi connectivity index (χ0) is 12.5. The Labute approximate surface area is 96.7 Å². The van der Waals surface area contributed by atoms with Gasteiger partial charge >= 0.3 is 6.18 Å². The van der Waals surface area contributed by atoms with Crippen LogP contribution in [0.4, 0.5) is 13.2 Å². The minimum absolute atomic E-state index is 0.215. The quantitative estimate of drug-likeness (QED) is 0.785. The van der Waals surface area contributed by atoms with Crippen molar-refractivity contribution in [1.29, 1.82) is 0 Å². The maximum absolute atomic E-state index is 12.6. The molecule has 0 aliphatic heterocycles. The number of aromatic nitrogens is 2. The second-order valence-corrected chi connectivity index (χ2v) is 3.79. The van der Waals surface area contributed by atoms with E-state index in [9.17, 15) is 13.2 Å².